The van der Waals surface area contributed by atoms with Gasteiger partial charge < -0.3 is 14.6 Å². The van der Waals surface area contributed by atoms with Crippen LogP contribution in [-0.4, -0.2) is 17.2 Å². The van der Waals surface area contributed by atoms with Gasteiger partial charge in [-0.25, -0.2) is 4.39 Å². The Hall–Kier alpha value is -2.37. The van der Waals surface area contributed by atoms with Crippen LogP contribution in [0.3, 0.4) is 0 Å². The summed E-state index contributed by atoms with van der Waals surface area (Å²) in [5.41, 5.74) is 0. The fourth-order valence-electron chi connectivity index (χ4n) is 1.44. The highest BCUT2D eigenvalue weighted by atomic mass is 19.1. The van der Waals surface area contributed by atoms with E-state index in [2.05, 4.69) is 10.5 Å². The molecule has 6 heteroatoms. The van der Waals surface area contributed by atoms with E-state index in [1.165, 1.54) is 19.1 Å². The van der Waals surface area contributed by atoms with Crippen molar-refractivity contribution in [2.24, 2.45) is 0 Å². The van der Waals surface area contributed by atoms with E-state index in [9.17, 15) is 9.18 Å². The van der Waals surface area contributed by atoms with Crippen LogP contribution in [0.15, 0.2) is 34.9 Å². The molecule has 5 nitrogen and oxygen atoms in total. The Morgan fingerprint density at radius 3 is 2.84 bits per heavy atom. The Labute approximate surface area is 109 Å². The van der Waals surface area contributed by atoms with Gasteiger partial charge in [-0.2, -0.15) is 0 Å². The first-order valence-corrected chi connectivity index (χ1v) is 5.71. The molecule has 1 aromatic carbocycles. The highest BCUT2D eigenvalue weighted by Gasteiger charge is 2.17. The summed E-state index contributed by atoms with van der Waals surface area (Å²) in [5, 5.41) is 6.14. The SMILES string of the molecule is Cc1cc(NC(=O)C(C)Oc2ccccc2F)no1. The highest BCUT2D eigenvalue weighted by Crippen LogP contribution is 2.17. The first-order chi connectivity index (χ1) is 9.06. The smallest absolute Gasteiger partial charge is 0.266 e. The topological polar surface area (TPSA) is 64.4 Å². The third-order valence-electron chi connectivity index (χ3n) is 2.39. The van der Waals surface area contributed by atoms with Crippen LogP contribution >= 0.6 is 0 Å². The van der Waals surface area contributed by atoms with E-state index in [1.807, 2.05) is 0 Å². The number of para-hydroxylation sites is 1. The van der Waals surface area contributed by atoms with Crippen molar-refractivity contribution in [2.75, 3.05) is 5.32 Å². The molecule has 100 valence electrons. The van der Waals surface area contributed by atoms with Crippen molar-refractivity contribution in [2.45, 2.75) is 20.0 Å². The van der Waals surface area contributed by atoms with Crippen LogP contribution in [0.4, 0.5) is 10.2 Å². The van der Waals surface area contributed by atoms with Crippen molar-refractivity contribution in [3.63, 3.8) is 0 Å². The van der Waals surface area contributed by atoms with Crippen molar-refractivity contribution >= 4 is 11.7 Å². The zero-order valence-electron chi connectivity index (χ0n) is 10.5. The van der Waals surface area contributed by atoms with Gasteiger partial charge in [0.15, 0.2) is 23.5 Å². The van der Waals surface area contributed by atoms with E-state index >= 15 is 0 Å². The first-order valence-electron chi connectivity index (χ1n) is 5.71. The Morgan fingerprint density at radius 1 is 1.47 bits per heavy atom. The molecule has 1 amide bonds. The lowest BCUT2D eigenvalue weighted by molar-refractivity contribution is -0.122. The molecule has 0 saturated heterocycles. The van der Waals surface area contributed by atoms with E-state index in [0.717, 1.165) is 0 Å². The lowest BCUT2D eigenvalue weighted by Gasteiger charge is -2.13. The van der Waals surface area contributed by atoms with E-state index in [1.54, 1.807) is 25.1 Å². The lowest BCUT2D eigenvalue weighted by Crippen LogP contribution is -2.30. The van der Waals surface area contributed by atoms with Crippen molar-refractivity contribution in [3.8, 4) is 5.75 Å². The number of nitrogens with zero attached hydrogens (tertiary/aromatic N) is 1. The first kappa shape index (κ1) is 13.1. The van der Waals surface area contributed by atoms with E-state index in [-0.39, 0.29) is 5.75 Å². The molecule has 2 rings (SSSR count). The number of aromatic nitrogens is 1. The molecule has 1 N–H and O–H groups in total. The van der Waals surface area contributed by atoms with Crippen molar-refractivity contribution in [3.05, 3.63) is 41.9 Å². The van der Waals surface area contributed by atoms with Crippen LogP contribution in [0.5, 0.6) is 5.75 Å². The minimum absolute atomic E-state index is 0.0292. The van der Waals surface area contributed by atoms with Crippen molar-refractivity contribution in [1.29, 1.82) is 0 Å². The van der Waals surface area contributed by atoms with E-state index in [4.69, 9.17) is 9.26 Å². The summed E-state index contributed by atoms with van der Waals surface area (Å²) >= 11 is 0. The molecule has 0 radical (unpaired) electrons. The second kappa shape index (κ2) is 5.51. The number of nitrogens with one attached hydrogen (secondary N) is 1. The minimum Gasteiger partial charge on any atom is -0.478 e. The zero-order chi connectivity index (χ0) is 13.8. The monoisotopic (exact) mass is 264 g/mol. The number of amides is 1. The molecule has 0 fully saturated rings. The molecule has 0 saturated carbocycles. The largest absolute Gasteiger partial charge is 0.478 e. The predicted molar refractivity (Wildman–Crippen MR) is 66.4 cm³/mol. The van der Waals surface area contributed by atoms with Gasteiger partial charge in [0.1, 0.15) is 5.76 Å². The Balaban J connectivity index is 1.98. The van der Waals surface area contributed by atoms with Gasteiger partial charge in [-0.3, -0.25) is 4.79 Å². The van der Waals surface area contributed by atoms with Crippen LogP contribution in [0, 0.1) is 12.7 Å². The summed E-state index contributed by atoms with van der Waals surface area (Å²) in [6.07, 6.45) is -0.853. The van der Waals surface area contributed by atoms with E-state index in [0.29, 0.717) is 11.6 Å². The Kier molecular flexibility index (Phi) is 3.79. The van der Waals surface area contributed by atoms with Crippen molar-refractivity contribution in [1.82, 2.24) is 5.16 Å². The molecule has 0 spiro atoms. The zero-order valence-corrected chi connectivity index (χ0v) is 10.5. The molecule has 0 aliphatic carbocycles. The average Bonchev–Trinajstić information content (AvgIpc) is 2.77. The number of carbonyl (C=O) groups excluding carboxylic acids is 1. The summed E-state index contributed by atoms with van der Waals surface area (Å²) in [4.78, 5) is 11.8. The summed E-state index contributed by atoms with van der Waals surface area (Å²) < 4.78 is 23.4. The predicted octanol–water partition coefficient (Wildman–Crippen LogP) is 2.53. The maximum absolute atomic E-state index is 13.4. The standard InChI is InChI=1S/C13H13FN2O3/c1-8-7-12(16-19-8)15-13(17)9(2)18-11-6-4-3-5-10(11)14/h3-7,9H,1-2H3,(H,15,16,17). The molecule has 0 bridgehead atoms. The maximum Gasteiger partial charge on any atom is 0.266 e. The van der Waals surface area contributed by atoms with E-state index < -0.39 is 17.8 Å². The molecule has 1 unspecified atom stereocenters. The third kappa shape index (κ3) is 3.31. The second-order valence-electron chi connectivity index (χ2n) is 4.00. The molecule has 1 atom stereocenters. The fourth-order valence-corrected chi connectivity index (χ4v) is 1.44. The van der Waals surface area contributed by atoms with Crippen molar-refractivity contribution < 1.29 is 18.4 Å². The number of halogens is 1. The number of hydrogen-bond donors (Lipinski definition) is 1. The van der Waals surface area contributed by atoms with Gasteiger partial charge >= 0.3 is 0 Å². The van der Waals surface area contributed by atoms with Crippen LogP contribution in [0.2, 0.25) is 0 Å². The number of rotatable bonds is 4. The van der Waals surface area contributed by atoms with Gasteiger partial charge in [-0.1, -0.05) is 17.3 Å². The summed E-state index contributed by atoms with van der Waals surface area (Å²) in [7, 11) is 0. The third-order valence-corrected chi connectivity index (χ3v) is 2.39. The number of carbonyl (C=O) groups is 1. The van der Waals surface area contributed by atoms with Gasteiger partial charge in [0.05, 0.1) is 0 Å². The molecule has 19 heavy (non-hydrogen) atoms. The number of hydrogen-bond acceptors (Lipinski definition) is 4. The lowest BCUT2D eigenvalue weighted by atomic mass is 10.3. The van der Waals surface area contributed by atoms with Crippen LogP contribution < -0.4 is 10.1 Å². The summed E-state index contributed by atoms with van der Waals surface area (Å²) in [6.45, 7) is 3.23. The Bertz CT molecular complexity index is 583. The highest BCUT2D eigenvalue weighted by molar-refractivity contribution is 5.93. The maximum atomic E-state index is 13.4. The molecule has 0 aliphatic rings. The van der Waals surface area contributed by atoms with Gasteiger partial charge in [0.25, 0.3) is 5.91 Å². The number of anilines is 1. The molecule has 1 heterocycles. The molecular formula is C13H13FN2O3. The van der Waals surface area contributed by atoms with Crippen LogP contribution in [0.1, 0.15) is 12.7 Å². The van der Waals surface area contributed by atoms with Crippen LogP contribution in [-0.2, 0) is 4.79 Å². The Morgan fingerprint density at radius 2 is 2.21 bits per heavy atom. The second-order valence-corrected chi connectivity index (χ2v) is 4.00. The number of ether oxygens (including phenoxy) is 1. The van der Waals surface area contributed by atoms with Gasteiger partial charge in [0, 0.05) is 6.07 Å². The van der Waals surface area contributed by atoms with Gasteiger partial charge in [-0.15, -0.1) is 0 Å². The van der Waals surface area contributed by atoms with Gasteiger partial charge in [-0.05, 0) is 26.0 Å². The minimum atomic E-state index is -0.853. The number of benzene rings is 1. The normalized spacial score (nSPS) is 11.9. The molecule has 0 aliphatic heterocycles. The van der Waals surface area contributed by atoms with Crippen LogP contribution in [0.25, 0.3) is 0 Å². The number of aryl methyl sites for hydroxylation is 1. The summed E-state index contributed by atoms with van der Waals surface area (Å²) in [5.74, 6) is -0.0399. The molecule has 1 aromatic heterocycles. The fraction of sp³-hybridized carbons (Fsp3) is 0.231. The summed E-state index contributed by atoms with van der Waals surface area (Å²) in [6, 6.07) is 7.48. The quantitative estimate of drug-likeness (QED) is 0.921. The molecule has 2 aromatic rings. The molecular weight excluding hydrogens is 251 g/mol. The van der Waals surface area contributed by atoms with Gasteiger partial charge in [0.2, 0.25) is 0 Å². The average molecular weight is 264 g/mol.